The van der Waals surface area contributed by atoms with Gasteiger partial charge in [0, 0.05) is 5.56 Å². The summed E-state index contributed by atoms with van der Waals surface area (Å²) < 4.78 is 11.0. The van der Waals surface area contributed by atoms with Crippen molar-refractivity contribution in [1.29, 1.82) is 0 Å². The Hall–Kier alpha value is -1.28. The number of para-hydroxylation sites is 1. The van der Waals surface area contributed by atoms with Crippen LogP contribution in [-0.2, 0) is 11.3 Å². The maximum atomic E-state index is 5.50. The van der Waals surface area contributed by atoms with Gasteiger partial charge in [0.1, 0.15) is 5.75 Å². The largest absolute Gasteiger partial charge is 0.465 e. The van der Waals surface area contributed by atoms with Crippen LogP contribution in [0.5, 0.6) is 5.75 Å². The van der Waals surface area contributed by atoms with Crippen molar-refractivity contribution in [3.63, 3.8) is 0 Å². The first-order valence-corrected chi connectivity index (χ1v) is 5.34. The van der Waals surface area contributed by atoms with Gasteiger partial charge in [-0.2, -0.15) is 0 Å². The topological polar surface area (TPSA) is 18.5 Å². The molecule has 2 rings (SSSR count). The zero-order chi connectivity index (χ0) is 11.1. The normalized spacial score (nSPS) is 17.9. The molecule has 1 aliphatic heterocycles. The summed E-state index contributed by atoms with van der Waals surface area (Å²) in [6.45, 7) is 7.27. The van der Waals surface area contributed by atoms with Gasteiger partial charge in [-0.25, -0.2) is 0 Å². The summed E-state index contributed by atoms with van der Waals surface area (Å²) in [7, 11) is 0. The molecule has 0 bridgehead atoms. The lowest BCUT2D eigenvalue weighted by atomic mass is 10.2. The molecule has 0 amide bonds. The minimum absolute atomic E-state index is 0.626. The van der Waals surface area contributed by atoms with Gasteiger partial charge in [-0.3, -0.25) is 0 Å². The molecule has 0 atom stereocenters. The highest BCUT2D eigenvalue weighted by molar-refractivity contribution is 5.33. The quantitative estimate of drug-likeness (QED) is 0.646. The predicted molar refractivity (Wildman–Crippen MR) is 61.8 cm³/mol. The monoisotopic (exact) mass is 206 g/mol. The molecule has 0 radical (unpaired) electrons. The molecular formula is C13H18O2. The molecular weight excluding hydrogens is 188 g/mol. The molecule has 0 spiro atoms. The number of rotatable bonds is 0. The average molecular weight is 206 g/mol. The Kier molecular flexibility index (Phi) is 4.91. The molecule has 0 aliphatic carbocycles. The average Bonchev–Trinajstić information content (AvgIpc) is 2.28. The highest BCUT2D eigenvalue weighted by atomic mass is 16.5. The van der Waals surface area contributed by atoms with Crippen LogP contribution in [0.1, 0.15) is 26.3 Å². The lowest BCUT2D eigenvalue weighted by molar-refractivity contribution is 0.135. The van der Waals surface area contributed by atoms with Crippen LogP contribution in [0.2, 0.25) is 0 Å². The van der Waals surface area contributed by atoms with Crippen LogP contribution in [0.3, 0.4) is 0 Å². The van der Waals surface area contributed by atoms with E-state index in [1.165, 1.54) is 0 Å². The summed E-state index contributed by atoms with van der Waals surface area (Å²) in [5.41, 5.74) is 2.21. The van der Waals surface area contributed by atoms with E-state index in [1.807, 2.05) is 45.0 Å². The summed E-state index contributed by atoms with van der Waals surface area (Å²) in [5.74, 6) is 0.890. The molecule has 0 fully saturated rings. The van der Waals surface area contributed by atoms with Gasteiger partial charge in [0.05, 0.1) is 19.5 Å². The number of fused-ring (bicyclic) bond motifs is 1. The molecule has 15 heavy (non-hydrogen) atoms. The van der Waals surface area contributed by atoms with Crippen molar-refractivity contribution >= 4 is 0 Å². The first kappa shape index (κ1) is 11.8. The van der Waals surface area contributed by atoms with Gasteiger partial charge < -0.3 is 9.47 Å². The van der Waals surface area contributed by atoms with Crippen LogP contribution in [0.4, 0.5) is 0 Å². The lowest BCUT2D eigenvalue weighted by Gasteiger charge is -2.13. The molecule has 1 aromatic rings. The molecule has 0 saturated carbocycles. The van der Waals surface area contributed by atoms with E-state index in [4.69, 9.17) is 9.47 Å². The highest BCUT2D eigenvalue weighted by Gasteiger charge is 2.05. The Morgan fingerprint density at radius 3 is 2.60 bits per heavy atom. The van der Waals surface area contributed by atoms with Crippen molar-refractivity contribution in [1.82, 2.24) is 0 Å². The fourth-order valence-corrected chi connectivity index (χ4v) is 1.26. The zero-order valence-corrected chi connectivity index (χ0v) is 9.62. The first-order valence-electron chi connectivity index (χ1n) is 5.34. The fraction of sp³-hybridized carbons (Fsp3) is 0.385. The molecule has 0 N–H and O–H groups in total. The van der Waals surface area contributed by atoms with Crippen molar-refractivity contribution < 1.29 is 9.47 Å². The van der Waals surface area contributed by atoms with Crippen LogP contribution >= 0.6 is 0 Å². The van der Waals surface area contributed by atoms with Crippen molar-refractivity contribution in [2.75, 3.05) is 6.61 Å². The van der Waals surface area contributed by atoms with E-state index in [9.17, 15) is 0 Å². The fourth-order valence-electron chi connectivity index (χ4n) is 1.26. The van der Waals surface area contributed by atoms with Crippen molar-refractivity contribution in [2.45, 2.75) is 27.4 Å². The van der Waals surface area contributed by atoms with E-state index in [0.717, 1.165) is 16.9 Å². The van der Waals surface area contributed by atoms with Gasteiger partial charge in [-0.05, 0) is 18.6 Å². The second-order valence-corrected chi connectivity index (χ2v) is 3.18. The SMILES string of the molecule is C/C1=C/Oc2ccccc2COC1.CC. The van der Waals surface area contributed by atoms with Crippen LogP contribution < -0.4 is 4.74 Å². The number of ether oxygens (including phenoxy) is 2. The Morgan fingerprint density at radius 2 is 1.80 bits per heavy atom. The summed E-state index contributed by atoms with van der Waals surface area (Å²) in [4.78, 5) is 0. The molecule has 2 nitrogen and oxygen atoms in total. The Bertz CT molecular complexity index is 329. The predicted octanol–water partition coefficient (Wildman–Crippen LogP) is 3.53. The van der Waals surface area contributed by atoms with E-state index in [2.05, 4.69) is 0 Å². The minimum Gasteiger partial charge on any atom is -0.465 e. The number of benzene rings is 1. The minimum atomic E-state index is 0.626. The summed E-state index contributed by atoms with van der Waals surface area (Å²) in [6.07, 6.45) is 1.75. The maximum absolute atomic E-state index is 5.50. The van der Waals surface area contributed by atoms with Crippen molar-refractivity contribution in [3.05, 3.63) is 41.7 Å². The molecule has 1 heterocycles. The van der Waals surface area contributed by atoms with E-state index in [0.29, 0.717) is 13.2 Å². The van der Waals surface area contributed by atoms with Gasteiger partial charge in [0.25, 0.3) is 0 Å². The number of hydrogen-bond acceptors (Lipinski definition) is 2. The van der Waals surface area contributed by atoms with Gasteiger partial charge in [0.15, 0.2) is 0 Å². The van der Waals surface area contributed by atoms with Crippen LogP contribution in [0, 0.1) is 0 Å². The van der Waals surface area contributed by atoms with E-state index in [1.54, 1.807) is 6.26 Å². The smallest absolute Gasteiger partial charge is 0.132 e. The summed E-state index contributed by atoms with van der Waals surface area (Å²) >= 11 is 0. The van der Waals surface area contributed by atoms with Crippen LogP contribution in [0.15, 0.2) is 36.1 Å². The Labute approximate surface area is 91.5 Å². The third kappa shape index (κ3) is 3.40. The molecule has 1 aromatic carbocycles. The highest BCUT2D eigenvalue weighted by Crippen LogP contribution is 2.21. The Balaban J connectivity index is 0.000000531. The molecule has 0 aromatic heterocycles. The molecule has 0 unspecified atom stereocenters. The van der Waals surface area contributed by atoms with Crippen LogP contribution in [-0.4, -0.2) is 6.61 Å². The molecule has 2 heteroatoms. The van der Waals surface area contributed by atoms with E-state index in [-0.39, 0.29) is 0 Å². The van der Waals surface area contributed by atoms with Gasteiger partial charge in [-0.1, -0.05) is 32.0 Å². The molecule has 82 valence electrons. The van der Waals surface area contributed by atoms with Gasteiger partial charge in [0.2, 0.25) is 0 Å². The summed E-state index contributed by atoms with van der Waals surface area (Å²) in [5, 5.41) is 0. The van der Waals surface area contributed by atoms with Gasteiger partial charge in [-0.15, -0.1) is 0 Å². The third-order valence-corrected chi connectivity index (χ3v) is 1.95. The second kappa shape index (κ2) is 6.25. The second-order valence-electron chi connectivity index (χ2n) is 3.18. The Morgan fingerprint density at radius 1 is 1.07 bits per heavy atom. The zero-order valence-electron chi connectivity index (χ0n) is 9.62. The molecule has 0 saturated heterocycles. The molecule has 1 aliphatic rings. The van der Waals surface area contributed by atoms with Crippen molar-refractivity contribution in [2.24, 2.45) is 0 Å². The standard InChI is InChI=1S/C11H12O2.C2H6/c1-9-6-12-8-10-4-2-3-5-11(10)13-7-9;1-2/h2-5,7H,6,8H2,1H3;1-2H3/b9-7-;. The van der Waals surface area contributed by atoms with E-state index < -0.39 is 0 Å². The lowest BCUT2D eigenvalue weighted by Crippen LogP contribution is -2.03. The number of hydrogen-bond donors (Lipinski definition) is 0. The third-order valence-electron chi connectivity index (χ3n) is 1.95. The van der Waals surface area contributed by atoms with E-state index >= 15 is 0 Å². The van der Waals surface area contributed by atoms with Crippen LogP contribution in [0.25, 0.3) is 0 Å². The van der Waals surface area contributed by atoms with Gasteiger partial charge >= 0.3 is 0 Å². The summed E-state index contributed by atoms with van der Waals surface area (Å²) in [6, 6.07) is 7.92. The maximum Gasteiger partial charge on any atom is 0.132 e. The van der Waals surface area contributed by atoms with Crippen molar-refractivity contribution in [3.8, 4) is 5.75 Å². The first-order chi connectivity index (χ1) is 7.36.